The van der Waals surface area contributed by atoms with Crippen LogP contribution in [0.1, 0.15) is 18.4 Å². The highest BCUT2D eigenvalue weighted by Crippen LogP contribution is 2.13. The Morgan fingerprint density at radius 2 is 2.06 bits per heavy atom. The first-order valence-electron chi connectivity index (χ1n) is 5.27. The number of hydrogen-bond donors (Lipinski definition) is 2. The fourth-order valence-corrected chi connectivity index (χ4v) is 1.81. The van der Waals surface area contributed by atoms with Gasteiger partial charge in [0.2, 0.25) is 6.41 Å². The molecule has 0 bridgehead atoms. The number of hydrogen-bond acceptors (Lipinski definition) is 2. The molecule has 0 saturated heterocycles. The number of halogens is 1. The van der Waals surface area contributed by atoms with Gasteiger partial charge in [0, 0.05) is 16.9 Å². The molecule has 5 heteroatoms. The van der Waals surface area contributed by atoms with Crippen LogP contribution in [0, 0.1) is 0 Å². The Labute approximate surface area is 108 Å². The van der Waals surface area contributed by atoms with Gasteiger partial charge in [0.05, 0.1) is 0 Å². The van der Waals surface area contributed by atoms with E-state index in [2.05, 4.69) is 21.2 Å². The van der Waals surface area contributed by atoms with Crippen molar-refractivity contribution in [1.82, 2.24) is 5.32 Å². The second-order valence-electron chi connectivity index (χ2n) is 3.74. The van der Waals surface area contributed by atoms with Crippen molar-refractivity contribution < 1.29 is 14.7 Å². The summed E-state index contributed by atoms with van der Waals surface area (Å²) >= 11 is 3.34. The summed E-state index contributed by atoms with van der Waals surface area (Å²) in [7, 11) is 0. The molecule has 0 heterocycles. The van der Waals surface area contributed by atoms with E-state index in [9.17, 15) is 9.59 Å². The first kappa shape index (κ1) is 13.7. The van der Waals surface area contributed by atoms with Gasteiger partial charge in [-0.25, -0.2) is 0 Å². The third-order valence-corrected chi connectivity index (χ3v) is 2.93. The largest absolute Gasteiger partial charge is 0.481 e. The summed E-state index contributed by atoms with van der Waals surface area (Å²) in [6, 6.07) is 7.61. The molecule has 1 amide bonds. The van der Waals surface area contributed by atoms with Gasteiger partial charge in [-0.15, -0.1) is 0 Å². The van der Waals surface area contributed by atoms with Crippen LogP contribution in [0.5, 0.6) is 0 Å². The summed E-state index contributed by atoms with van der Waals surface area (Å²) in [5, 5.41) is 11.3. The highest BCUT2D eigenvalue weighted by molar-refractivity contribution is 9.10. The van der Waals surface area contributed by atoms with Crippen molar-refractivity contribution in [3.8, 4) is 0 Å². The molecule has 0 fully saturated rings. The van der Waals surface area contributed by atoms with E-state index in [0.717, 1.165) is 10.0 Å². The average molecular weight is 300 g/mol. The molecule has 0 spiro atoms. The molecule has 1 aromatic rings. The van der Waals surface area contributed by atoms with Gasteiger partial charge in [-0.1, -0.05) is 28.1 Å². The Morgan fingerprint density at radius 3 is 2.59 bits per heavy atom. The first-order valence-corrected chi connectivity index (χ1v) is 6.07. The molecule has 1 unspecified atom stereocenters. The summed E-state index contributed by atoms with van der Waals surface area (Å²) < 4.78 is 0.992. The Morgan fingerprint density at radius 1 is 1.41 bits per heavy atom. The fourth-order valence-electron chi connectivity index (χ4n) is 1.54. The zero-order chi connectivity index (χ0) is 12.7. The van der Waals surface area contributed by atoms with E-state index >= 15 is 0 Å². The zero-order valence-electron chi connectivity index (χ0n) is 9.23. The molecule has 4 nitrogen and oxygen atoms in total. The molecule has 92 valence electrons. The van der Waals surface area contributed by atoms with E-state index in [4.69, 9.17) is 5.11 Å². The van der Waals surface area contributed by atoms with Gasteiger partial charge in [0.25, 0.3) is 0 Å². The number of carbonyl (C=O) groups excluding carboxylic acids is 1. The van der Waals surface area contributed by atoms with Gasteiger partial charge in [0.1, 0.15) is 0 Å². The van der Waals surface area contributed by atoms with E-state index in [1.54, 1.807) is 0 Å². The minimum atomic E-state index is -0.849. The van der Waals surface area contributed by atoms with E-state index in [1.165, 1.54) is 0 Å². The van der Waals surface area contributed by atoms with Crippen LogP contribution in [0.3, 0.4) is 0 Å². The number of carboxylic acid groups (broad SMARTS) is 1. The summed E-state index contributed by atoms with van der Waals surface area (Å²) in [6.45, 7) is 0. The van der Waals surface area contributed by atoms with Crippen LogP contribution < -0.4 is 5.32 Å². The van der Waals surface area contributed by atoms with Crippen molar-refractivity contribution in [2.24, 2.45) is 0 Å². The maximum absolute atomic E-state index is 10.5. The number of benzene rings is 1. The predicted molar refractivity (Wildman–Crippen MR) is 67.7 cm³/mol. The second kappa shape index (κ2) is 7.06. The summed E-state index contributed by atoms with van der Waals surface area (Å²) in [5.41, 5.74) is 1.07. The van der Waals surface area contributed by atoms with E-state index in [0.29, 0.717) is 19.3 Å². The Bertz CT molecular complexity index is 378. The molecule has 0 aliphatic heterocycles. The number of carboxylic acids is 1. The molecular formula is C12H14BrNO3. The van der Waals surface area contributed by atoms with Crippen molar-refractivity contribution in [3.05, 3.63) is 34.3 Å². The zero-order valence-corrected chi connectivity index (χ0v) is 10.8. The van der Waals surface area contributed by atoms with Crippen molar-refractivity contribution in [2.75, 3.05) is 0 Å². The van der Waals surface area contributed by atoms with Crippen LogP contribution in [0.15, 0.2) is 28.7 Å². The van der Waals surface area contributed by atoms with Gasteiger partial charge >= 0.3 is 5.97 Å². The van der Waals surface area contributed by atoms with Crippen molar-refractivity contribution in [2.45, 2.75) is 25.3 Å². The lowest BCUT2D eigenvalue weighted by atomic mass is 10.0. The van der Waals surface area contributed by atoms with Gasteiger partial charge in [-0.2, -0.15) is 0 Å². The molecule has 0 saturated carbocycles. The van der Waals surface area contributed by atoms with Crippen molar-refractivity contribution >= 4 is 28.3 Å². The molecular weight excluding hydrogens is 286 g/mol. The smallest absolute Gasteiger partial charge is 0.303 e. The lowest BCUT2D eigenvalue weighted by Gasteiger charge is -2.15. The molecule has 0 radical (unpaired) electrons. The highest BCUT2D eigenvalue weighted by Gasteiger charge is 2.10. The van der Waals surface area contributed by atoms with Crippen LogP contribution in [-0.4, -0.2) is 23.5 Å². The van der Waals surface area contributed by atoms with E-state index < -0.39 is 5.97 Å². The first-order chi connectivity index (χ1) is 8.11. The highest BCUT2D eigenvalue weighted by atomic mass is 79.9. The second-order valence-corrected chi connectivity index (χ2v) is 4.66. The Hall–Kier alpha value is -1.36. The minimum absolute atomic E-state index is 0.0576. The van der Waals surface area contributed by atoms with Gasteiger partial charge in [-0.05, 0) is 30.5 Å². The number of carbonyl (C=O) groups is 2. The number of rotatable bonds is 7. The fraction of sp³-hybridized carbons (Fsp3) is 0.333. The monoisotopic (exact) mass is 299 g/mol. The third-order valence-electron chi connectivity index (χ3n) is 2.41. The quantitative estimate of drug-likeness (QED) is 0.757. The van der Waals surface area contributed by atoms with Crippen LogP contribution in [0.25, 0.3) is 0 Å². The van der Waals surface area contributed by atoms with Gasteiger partial charge in [0.15, 0.2) is 0 Å². The number of amides is 1. The molecule has 2 N–H and O–H groups in total. The molecule has 1 atom stereocenters. The summed E-state index contributed by atoms with van der Waals surface area (Å²) in [6.07, 6.45) is 1.75. The predicted octanol–water partition coefficient (Wildman–Crippen LogP) is 1.97. The van der Waals surface area contributed by atoms with Crippen LogP contribution >= 0.6 is 15.9 Å². The lowest BCUT2D eigenvalue weighted by Crippen LogP contribution is -2.30. The van der Waals surface area contributed by atoms with Crippen LogP contribution in [-0.2, 0) is 16.0 Å². The van der Waals surface area contributed by atoms with Crippen LogP contribution in [0.2, 0.25) is 0 Å². The molecule has 0 aliphatic rings. The average Bonchev–Trinajstić information content (AvgIpc) is 2.29. The molecule has 1 aromatic carbocycles. The molecule has 17 heavy (non-hydrogen) atoms. The molecule has 0 aliphatic carbocycles. The standard InChI is InChI=1S/C12H14BrNO3/c13-10-3-1-9(2-4-10)7-11(14-8-15)5-6-12(16)17/h1-4,8,11H,5-7H2,(H,14,15)(H,16,17). The Kier molecular flexibility index (Phi) is 5.69. The van der Waals surface area contributed by atoms with Gasteiger partial charge < -0.3 is 10.4 Å². The van der Waals surface area contributed by atoms with Crippen LogP contribution in [0.4, 0.5) is 0 Å². The van der Waals surface area contributed by atoms with Crippen molar-refractivity contribution in [1.29, 1.82) is 0 Å². The third kappa shape index (κ3) is 5.49. The Balaban J connectivity index is 2.56. The molecule has 0 aromatic heterocycles. The van der Waals surface area contributed by atoms with Crippen molar-refractivity contribution in [3.63, 3.8) is 0 Å². The number of aliphatic carboxylic acids is 1. The van der Waals surface area contributed by atoms with Gasteiger partial charge in [-0.3, -0.25) is 9.59 Å². The summed E-state index contributed by atoms with van der Waals surface area (Å²) in [4.78, 5) is 20.9. The van der Waals surface area contributed by atoms with E-state index in [-0.39, 0.29) is 12.5 Å². The van der Waals surface area contributed by atoms with E-state index in [1.807, 2.05) is 24.3 Å². The normalized spacial score (nSPS) is 11.8. The maximum Gasteiger partial charge on any atom is 0.303 e. The maximum atomic E-state index is 10.5. The molecule has 1 rings (SSSR count). The SMILES string of the molecule is O=CNC(CCC(=O)O)Cc1ccc(Br)cc1. The minimum Gasteiger partial charge on any atom is -0.481 e. The lowest BCUT2D eigenvalue weighted by molar-refractivity contribution is -0.137. The summed E-state index contributed by atoms with van der Waals surface area (Å²) in [5.74, 6) is -0.849. The number of nitrogens with one attached hydrogen (secondary N) is 1. The topological polar surface area (TPSA) is 66.4 Å².